The second-order valence-corrected chi connectivity index (χ2v) is 4.23. The van der Waals surface area contributed by atoms with Crippen LogP contribution in [0.15, 0.2) is 24.3 Å². The number of nitrogens with zero attached hydrogens (tertiary/aromatic N) is 1. The summed E-state index contributed by atoms with van der Waals surface area (Å²) in [5.41, 5.74) is 7.95. The van der Waals surface area contributed by atoms with Crippen molar-refractivity contribution in [3.63, 3.8) is 0 Å². The Balaban J connectivity index is 2.21. The zero-order chi connectivity index (χ0) is 11.8. The van der Waals surface area contributed by atoms with Gasteiger partial charge in [-0.05, 0) is 38.2 Å². The second kappa shape index (κ2) is 7.39. The van der Waals surface area contributed by atoms with E-state index >= 15 is 0 Å². The molecule has 0 heterocycles. The smallest absolute Gasteiger partial charge is 0.0716 e. The molecule has 1 aromatic carbocycles. The number of hydrogen-bond donors (Lipinski definition) is 1. The maximum Gasteiger partial charge on any atom is 0.0716 e. The van der Waals surface area contributed by atoms with E-state index in [9.17, 15) is 0 Å². The standard InChI is InChI=1S/C13H22N2O/c1-15(2)7-4-8-16-11-13-6-3-5-12(9-13)10-14/h3,5-6,9H,4,7-8,10-11,14H2,1-2H3. The van der Waals surface area contributed by atoms with Crippen molar-refractivity contribution in [3.8, 4) is 0 Å². The molecule has 1 aromatic rings. The highest BCUT2D eigenvalue weighted by Crippen LogP contribution is 2.06. The molecular formula is C13H22N2O. The molecule has 0 atom stereocenters. The first kappa shape index (κ1) is 13.2. The molecule has 0 saturated heterocycles. The third kappa shape index (κ3) is 5.26. The van der Waals surface area contributed by atoms with Gasteiger partial charge >= 0.3 is 0 Å². The molecular weight excluding hydrogens is 200 g/mol. The van der Waals surface area contributed by atoms with Crippen LogP contribution in [0, 0.1) is 0 Å². The topological polar surface area (TPSA) is 38.5 Å². The van der Waals surface area contributed by atoms with Crippen LogP contribution in [0.25, 0.3) is 0 Å². The Morgan fingerprint density at radius 3 is 2.69 bits per heavy atom. The van der Waals surface area contributed by atoms with Crippen molar-refractivity contribution in [2.24, 2.45) is 5.73 Å². The minimum atomic E-state index is 0.592. The van der Waals surface area contributed by atoms with Crippen molar-refractivity contribution < 1.29 is 4.74 Å². The van der Waals surface area contributed by atoms with E-state index in [1.807, 2.05) is 12.1 Å². The zero-order valence-corrected chi connectivity index (χ0v) is 10.3. The van der Waals surface area contributed by atoms with E-state index in [-0.39, 0.29) is 0 Å². The average molecular weight is 222 g/mol. The summed E-state index contributed by atoms with van der Waals surface area (Å²) >= 11 is 0. The summed E-state index contributed by atoms with van der Waals surface area (Å²) in [5, 5.41) is 0. The largest absolute Gasteiger partial charge is 0.377 e. The molecule has 0 bridgehead atoms. The first-order valence-electron chi connectivity index (χ1n) is 5.72. The molecule has 16 heavy (non-hydrogen) atoms. The van der Waals surface area contributed by atoms with Gasteiger partial charge in [-0.3, -0.25) is 0 Å². The first-order chi connectivity index (χ1) is 7.72. The van der Waals surface area contributed by atoms with Crippen molar-refractivity contribution in [3.05, 3.63) is 35.4 Å². The summed E-state index contributed by atoms with van der Waals surface area (Å²) in [5.74, 6) is 0. The van der Waals surface area contributed by atoms with Gasteiger partial charge in [0, 0.05) is 13.2 Å². The third-order valence-electron chi connectivity index (χ3n) is 2.39. The van der Waals surface area contributed by atoms with Gasteiger partial charge in [0.1, 0.15) is 0 Å². The fourth-order valence-electron chi connectivity index (χ4n) is 1.52. The molecule has 1 rings (SSSR count). The van der Waals surface area contributed by atoms with Crippen molar-refractivity contribution in [2.75, 3.05) is 27.2 Å². The van der Waals surface area contributed by atoms with Gasteiger partial charge in [-0.25, -0.2) is 0 Å². The number of hydrogen-bond acceptors (Lipinski definition) is 3. The molecule has 90 valence electrons. The zero-order valence-electron chi connectivity index (χ0n) is 10.3. The molecule has 3 heteroatoms. The molecule has 0 unspecified atom stereocenters. The van der Waals surface area contributed by atoms with Crippen LogP contribution in [0.4, 0.5) is 0 Å². The number of ether oxygens (including phenoxy) is 1. The minimum absolute atomic E-state index is 0.592. The van der Waals surface area contributed by atoms with Gasteiger partial charge in [-0.1, -0.05) is 24.3 Å². The van der Waals surface area contributed by atoms with E-state index in [4.69, 9.17) is 10.5 Å². The summed E-state index contributed by atoms with van der Waals surface area (Å²) in [6.07, 6.45) is 1.07. The summed E-state index contributed by atoms with van der Waals surface area (Å²) in [6, 6.07) is 8.24. The van der Waals surface area contributed by atoms with Crippen molar-refractivity contribution in [1.82, 2.24) is 4.90 Å². The van der Waals surface area contributed by atoms with Gasteiger partial charge < -0.3 is 15.4 Å². The molecule has 0 fully saturated rings. The number of rotatable bonds is 7. The molecule has 0 aromatic heterocycles. The molecule has 0 aliphatic carbocycles. The first-order valence-corrected chi connectivity index (χ1v) is 5.72. The van der Waals surface area contributed by atoms with E-state index in [1.54, 1.807) is 0 Å². The van der Waals surface area contributed by atoms with Gasteiger partial charge in [0.25, 0.3) is 0 Å². The molecule has 0 aliphatic rings. The Bertz CT molecular complexity index is 300. The summed E-state index contributed by atoms with van der Waals surface area (Å²) in [4.78, 5) is 2.17. The number of nitrogens with two attached hydrogens (primary N) is 1. The Morgan fingerprint density at radius 2 is 2.00 bits per heavy atom. The lowest BCUT2D eigenvalue weighted by molar-refractivity contribution is 0.113. The SMILES string of the molecule is CN(C)CCCOCc1cccc(CN)c1. The van der Waals surface area contributed by atoms with E-state index < -0.39 is 0 Å². The maximum absolute atomic E-state index is 5.60. The Labute approximate surface area is 98.2 Å². The molecule has 0 amide bonds. The van der Waals surface area contributed by atoms with Gasteiger partial charge in [-0.2, -0.15) is 0 Å². The molecule has 3 nitrogen and oxygen atoms in total. The average Bonchev–Trinajstić information content (AvgIpc) is 2.28. The van der Waals surface area contributed by atoms with Crippen LogP contribution in [0.3, 0.4) is 0 Å². The Hall–Kier alpha value is -0.900. The lowest BCUT2D eigenvalue weighted by Crippen LogP contribution is -2.14. The summed E-state index contributed by atoms with van der Waals surface area (Å²) in [7, 11) is 4.15. The predicted octanol–water partition coefficient (Wildman–Crippen LogP) is 1.61. The monoisotopic (exact) mass is 222 g/mol. The van der Waals surface area contributed by atoms with Crippen molar-refractivity contribution in [1.29, 1.82) is 0 Å². The van der Waals surface area contributed by atoms with Crippen LogP contribution in [-0.4, -0.2) is 32.1 Å². The Kier molecular flexibility index (Phi) is 6.08. The highest BCUT2D eigenvalue weighted by molar-refractivity contribution is 5.22. The van der Waals surface area contributed by atoms with Crippen molar-refractivity contribution >= 4 is 0 Å². The molecule has 2 N–H and O–H groups in total. The van der Waals surface area contributed by atoms with Gasteiger partial charge in [0.05, 0.1) is 6.61 Å². The highest BCUT2D eigenvalue weighted by Gasteiger charge is 1.96. The quantitative estimate of drug-likeness (QED) is 0.712. The maximum atomic E-state index is 5.60. The van der Waals surface area contributed by atoms with E-state index in [0.29, 0.717) is 13.2 Å². The second-order valence-electron chi connectivity index (χ2n) is 4.23. The van der Waals surface area contributed by atoms with Crippen LogP contribution < -0.4 is 5.73 Å². The highest BCUT2D eigenvalue weighted by atomic mass is 16.5. The van der Waals surface area contributed by atoms with Crippen LogP contribution in [0.1, 0.15) is 17.5 Å². The van der Waals surface area contributed by atoms with Gasteiger partial charge in [0.2, 0.25) is 0 Å². The summed E-state index contributed by atoms with van der Waals surface area (Å²) < 4.78 is 5.60. The van der Waals surface area contributed by atoms with Crippen LogP contribution in [0.5, 0.6) is 0 Å². The van der Waals surface area contributed by atoms with E-state index in [0.717, 1.165) is 25.1 Å². The molecule has 0 radical (unpaired) electrons. The van der Waals surface area contributed by atoms with Crippen molar-refractivity contribution in [2.45, 2.75) is 19.6 Å². The fraction of sp³-hybridized carbons (Fsp3) is 0.538. The molecule has 0 aliphatic heterocycles. The van der Waals surface area contributed by atoms with Crippen LogP contribution >= 0.6 is 0 Å². The van der Waals surface area contributed by atoms with E-state index in [2.05, 4.69) is 31.1 Å². The Morgan fingerprint density at radius 1 is 1.25 bits per heavy atom. The lowest BCUT2D eigenvalue weighted by atomic mass is 10.1. The normalized spacial score (nSPS) is 11.0. The predicted molar refractivity (Wildman–Crippen MR) is 67.2 cm³/mol. The number of benzene rings is 1. The molecule has 0 spiro atoms. The van der Waals surface area contributed by atoms with Gasteiger partial charge in [0.15, 0.2) is 0 Å². The lowest BCUT2D eigenvalue weighted by Gasteiger charge is -2.09. The van der Waals surface area contributed by atoms with Crippen LogP contribution in [-0.2, 0) is 17.9 Å². The molecule has 0 saturated carbocycles. The van der Waals surface area contributed by atoms with Gasteiger partial charge in [-0.15, -0.1) is 0 Å². The fourth-order valence-corrected chi connectivity index (χ4v) is 1.52. The van der Waals surface area contributed by atoms with E-state index in [1.165, 1.54) is 5.56 Å². The van der Waals surface area contributed by atoms with Crippen LogP contribution in [0.2, 0.25) is 0 Å². The minimum Gasteiger partial charge on any atom is -0.377 e. The third-order valence-corrected chi connectivity index (χ3v) is 2.39. The summed E-state index contributed by atoms with van der Waals surface area (Å²) in [6.45, 7) is 3.16.